The predicted molar refractivity (Wildman–Crippen MR) is 37.7 cm³/mol. The summed E-state index contributed by atoms with van der Waals surface area (Å²) in [6.45, 7) is 8.07. The largest absolute Gasteiger partial charge is 0.173 e. The highest BCUT2D eigenvalue weighted by molar-refractivity contribution is 7.81. The van der Waals surface area contributed by atoms with Crippen LogP contribution in [-0.2, 0) is 0 Å². The molecule has 0 aromatic rings. The Hall–Kier alpha value is 0.350. The quantitative estimate of drug-likeness (QED) is 0.527. The molecule has 1 radical (unpaired) electrons. The van der Waals surface area contributed by atoms with E-state index in [1.165, 1.54) is 0 Å². The summed E-state index contributed by atoms with van der Waals surface area (Å²) in [7, 11) is 0. The van der Waals surface area contributed by atoms with Crippen molar-refractivity contribution in [2.45, 2.75) is 31.4 Å². The molecule has 0 spiro atoms. The van der Waals surface area contributed by atoms with E-state index in [0.717, 1.165) is 12.8 Å². The van der Waals surface area contributed by atoms with E-state index in [9.17, 15) is 0 Å². The van der Waals surface area contributed by atoms with Gasteiger partial charge in [0.05, 0.1) is 0 Å². The first-order chi connectivity index (χ1) is 3.12. The van der Waals surface area contributed by atoms with Crippen LogP contribution in [0.1, 0.15) is 26.7 Å². The van der Waals surface area contributed by atoms with Crippen molar-refractivity contribution >= 4 is 12.6 Å². The van der Waals surface area contributed by atoms with Crippen molar-refractivity contribution < 1.29 is 0 Å². The van der Waals surface area contributed by atoms with Gasteiger partial charge in [0.1, 0.15) is 0 Å². The number of hydrogen-bond acceptors (Lipinski definition) is 1. The molecule has 0 amide bonds. The molecule has 0 aliphatic heterocycles. The highest BCUT2D eigenvalue weighted by Crippen LogP contribution is 2.20. The summed E-state index contributed by atoms with van der Waals surface area (Å²) in [5.74, 6) is 0. The Labute approximate surface area is 51.7 Å². The van der Waals surface area contributed by atoms with E-state index in [4.69, 9.17) is 0 Å². The predicted octanol–water partition coefficient (Wildman–Crippen LogP) is 2.31. The zero-order chi connectivity index (χ0) is 5.91. The Balaban J connectivity index is 3.36. The number of rotatable bonds is 2. The van der Waals surface area contributed by atoms with E-state index in [2.05, 4.69) is 33.4 Å². The van der Waals surface area contributed by atoms with Gasteiger partial charge in [0.2, 0.25) is 0 Å². The van der Waals surface area contributed by atoms with E-state index in [0.29, 0.717) is 0 Å². The molecule has 0 aromatic carbocycles. The van der Waals surface area contributed by atoms with Crippen LogP contribution >= 0.6 is 12.6 Å². The van der Waals surface area contributed by atoms with Gasteiger partial charge in [-0.2, -0.15) is 12.6 Å². The molecule has 0 saturated carbocycles. The van der Waals surface area contributed by atoms with Crippen LogP contribution in [0.25, 0.3) is 0 Å². The van der Waals surface area contributed by atoms with E-state index in [1.807, 2.05) is 0 Å². The van der Waals surface area contributed by atoms with Crippen LogP contribution in [-0.4, -0.2) is 4.75 Å². The van der Waals surface area contributed by atoms with E-state index >= 15 is 0 Å². The van der Waals surface area contributed by atoms with Crippen LogP contribution in [0, 0.1) is 6.92 Å². The van der Waals surface area contributed by atoms with Gasteiger partial charge in [-0.25, -0.2) is 0 Å². The summed E-state index contributed by atoms with van der Waals surface area (Å²) in [6, 6.07) is 0. The number of thiol groups is 1. The molecule has 7 heavy (non-hydrogen) atoms. The molecule has 0 nitrogen and oxygen atoms in total. The zero-order valence-corrected chi connectivity index (χ0v) is 5.96. The van der Waals surface area contributed by atoms with Crippen LogP contribution in [0.15, 0.2) is 0 Å². The summed E-state index contributed by atoms with van der Waals surface area (Å²) in [4.78, 5) is 0. The highest BCUT2D eigenvalue weighted by Gasteiger charge is 2.11. The first-order valence-corrected chi connectivity index (χ1v) is 3.15. The van der Waals surface area contributed by atoms with Gasteiger partial charge in [0, 0.05) is 4.75 Å². The third-order valence-electron chi connectivity index (χ3n) is 1.32. The van der Waals surface area contributed by atoms with Gasteiger partial charge < -0.3 is 0 Å². The third-order valence-corrected chi connectivity index (χ3v) is 1.95. The van der Waals surface area contributed by atoms with Crippen LogP contribution < -0.4 is 0 Å². The molecule has 0 aliphatic rings. The summed E-state index contributed by atoms with van der Waals surface area (Å²) in [6.07, 6.45) is 2.10. The van der Waals surface area contributed by atoms with E-state index in [1.54, 1.807) is 0 Å². The van der Waals surface area contributed by atoms with Crippen molar-refractivity contribution in [2.24, 2.45) is 0 Å². The molecule has 0 rings (SSSR count). The number of hydrogen-bond donors (Lipinski definition) is 1. The smallest absolute Gasteiger partial charge is 0.0125 e. The topological polar surface area (TPSA) is 0 Å². The normalized spacial score (nSPS) is 12.0. The van der Waals surface area contributed by atoms with Crippen molar-refractivity contribution in [3.05, 3.63) is 6.92 Å². The molecule has 0 fully saturated rings. The maximum Gasteiger partial charge on any atom is 0.0125 e. The molecule has 43 valence electrons. The second-order valence-corrected chi connectivity index (χ2v) is 2.88. The Kier molecular flexibility index (Phi) is 2.74. The molecular formula is C6H13S. The van der Waals surface area contributed by atoms with Gasteiger partial charge in [-0.1, -0.05) is 13.8 Å². The molecule has 0 atom stereocenters. The summed E-state index contributed by atoms with van der Waals surface area (Å²) < 4.78 is 0.0278. The molecule has 0 bridgehead atoms. The van der Waals surface area contributed by atoms with Gasteiger partial charge >= 0.3 is 0 Å². The Morgan fingerprint density at radius 1 is 1.43 bits per heavy atom. The Bertz CT molecular complexity index is 42.1. The first kappa shape index (κ1) is 7.35. The molecule has 0 N–H and O–H groups in total. The van der Waals surface area contributed by atoms with Crippen molar-refractivity contribution in [3.8, 4) is 0 Å². The Morgan fingerprint density at radius 3 is 1.71 bits per heavy atom. The summed E-state index contributed by atoms with van der Waals surface area (Å²) in [5.41, 5.74) is 0. The van der Waals surface area contributed by atoms with Crippen LogP contribution in [0.5, 0.6) is 0 Å². The maximum atomic E-state index is 4.28. The molecule has 0 aliphatic carbocycles. The van der Waals surface area contributed by atoms with Crippen molar-refractivity contribution in [2.75, 3.05) is 0 Å². The third kappa shape index (κ3) is 2.98. The van der Waals surface area contributed by atoms with Crippen molar-refractivity contribution in [1.29, 1.82) is 0 Å². The Morgan fingerprint density at radius 2 is 1.71 bits per heavy atom. The van der Waals surface area contributed by atoms with Gasteiger partial charge in [0.25, 0.3) is 0 Å². The molecule has 0 heterocycles. The standard InChI is InChI=1S/C6H13S/c1-4-6(3,7)5-2/h7H,3-5H2,1-2H3. The van der Waals surface area contributed by atoms with Crippen molar-refractivity contribution in [1.82, 2.24) is 0 Å². The molecule has 0 unspecified atom stereocenters. The van der Waals surface area contributed by atoms with Gasteiger partial charge in [-0.05, 0) is 19.8 Å². The molecular weight excluding hydrogens is 104 g/mol. The summed E-state index contributed by atoms with van der Waals surface area (Å²) >= 11 is 4.28. The molecule has 0 aromatic heterocycles. The minimum Gasteiger partial charge on any atom is -0.173 e. The SMILES string of the molecule is [CH2]C(S)(CC)CC. The fourth-order valence-electron chi connectivity index (χ4n) is 0.250. The van der Waals surface area contributed by atoms with E-state index in [-0.39, 0.29) is 4.75 Å². The maximum absolute atomic E-state index is 4.28. The van der Waals surface area contributed by atoms with Gasteiger partial charge in [-0.15, -0.1) is 0 Å². The van der Waals surface area contributed by atoms with Gasteiger partial charge in [0.15, 0.2) is 0 Å². The van der Waals surface area contributed by atoms with Crippen LogP contribution in [0.3, 0.4) is 0 Å². The van der Waals surface area contributed by atoms with E-state index < -0.39 is 0 Å². The minimum absolute atomic E-state index is 0.0278. The summed E-state index contributed by atoms with van der Waals surface area (Å²) in [5, 5.41) is 0. The minimum atomic E-state index is 0.0278. The highest BCUT2D eigenvalue weighted by atomic mass is 32.1. The lowest BCUT2D eigenvalue weighted by Crippen LogP contribution is -2.12. The first-order valence-electron chi connectivity index (χ1n) is 2.70. The second-order valence-electron chi connectivity index (χ2n) is 1.93. The zero-order valence-electron chi connectivity index (χ0n) is 5.07. The van der Waals surface area contributed by atoms with Crippen LogP contribution in [0.2, 0.25) is 0 Å². The van der Waals surface area contributed by atoms with Crippen LogP contribution in [0.4, 0.5) is 0 Å². The van der Waals surface area contributed by atoms with Gasteiger partial charge in [-0.3, -0.25) is 0 Å². The second kappa shape index (κ2) is 2.61. The lowest BCUT2D eigenvalue weighted by molar-refractivity contribution is 0.662. The fourth-order valence-corrected chi connectivity index (χ4v) is 0.250. The average Bonchev–Trinajstić information content (AvgIpc) is 1.68. The fraction of sp³-hybridized carbons (Fsp3) is 0.833. The molecule has 0 saturated heterocycles. The average molecular weight is 117 g/mol. The molecule has 1 heteroatoms. The monoisotopic (exact) mass is 117 g/mol. The lowest BCUT2D eigenvalue weighted by atomic mass is 10.1. The van der Waals surface area contributed by atoms with Crippen molar-refractivity contribution in [3.63, 3.8) is 0 Å². The lowest BCUT2D eigenvalue weighted by Gasteiger charge is -2.17.